The van der Waals surface area contributed by atoms with E-state index < -0.39 is 11.8 Å². The van der Waals surface area contributed by atoms with E-state index in [0.717, 1.165) is 0 Å². The molecule has 6 nitrogen and oxygen atoms in total. The first-order valence-corrected chi connectivity index (χ1v) is 7.52. The molecule has 2 amide bonds. The Morgan fingerprint density at radius 2 is 1.67 bits per heavy atom. The van der Waals surface area contributed by atoms with Crippen LogP contribution in [0.3, 0.4) is 0 Å². The number of anilines is 1. The van der Waals surface area contributed by atoms with Gasteiger partial charge in [0.2, 0.25) is 0 Å². The van der Waals surface area contributed by atoms with Gasteiger partial charge in [-0.2, -0.15) is 5.10 Å². The van der Waals surface area contributed by atoms with Crippen molar-refractivity contribution in [2.75, 3.05) is 5.32 Å². The van der Waals surface area contributed by atoms with E-state index in [1.54, 1.807) is 19.1 Å². The molecule has 2 rings (SSSR count). The average Bonchev–Trinajstić information content (AvgIpc) is 2.56. The van der Waals surface area contributed by atoms with Crippen molar-refractivity contribution < 1.29 is 14.7 Å². The molecule has 0 bridgehead atoms. The molecule has 0 fully saturated rings. The lowest BCUT2D eigenvalue weighted by Crippen LogP contribution is -2.32. The van der Waals surface area contributed by atoms with E-state index in [9.17, 15) is 14.7 Å². The Bertz CT molecular complexity index is 805. The Hall–Kier alpha value is -2.57. The number of phenolic OH excluding ortho intramolecular Hbond substituents is 1. The van der Waals surface area contributed by atoms with Crippen LogP contribution in [0.1, 0.15) is 12.5 Å². The van der Waals surface area contributed by atoms with E-state index in [4.69, 9.17) is 23.2 Å². The Kier molecular flexibility index (Phi) is 5.78. The molecule has 0 heterocycles. The van der Waals surface area contributed by atoms with Crippen molar-refractivity contribution in [1.29, 1.82) is 0 Å². The quantitative estimate of drug-likeness (QED) is 0.443. The van der Waals surface area contributed by atoms with Gasteiger partial charge >= 0.3 is 11.8 Å². The zero-order valence-electron chi connectivity index (χ0n) is 12.5. The zero-order valence-corrected chi connectivity index (χ0v) is 14.0. The topological polar surface area (TPSA) is 90.8 Å². The maximum absolute atomic E-state index is 11.8. The molecule has 0 atom stereocenters. The molecule has 3 N–H and O–H groups in total. The summed E-state index contributed by atoms with van der Waals surface area (Å²) in [5.74, 6) is -1.70. The van der Waals surface area contributed by atoms with E-state index >= 15 is 0 Å². The molecule has 0 saturated carbocycles. The number of nitrogens with zero attached hydrogens (tertiary/aromatic N) is 1. The van der Waals surface area contributed by atoms with Crippen LogP contribution in [0.25, 0.3) is 0 Å². The smallest absolute Gasteiger partial charge is 0.329 e. The molecule has 0 aromatic heterocycles. The van der Waals surface area contributed by atoms with Crippen molar-refractivity contribution in [2.45, 2.75) is 6.92 Å². The summed E-state index contributed by atoms with van der Waals surface area (Å²) in [7, 11) is 0. The molecule has 0 radical (unpaired) electrons. The number of hydrogen-bond donors (Lipinski definition) is 3. The van der Waals surface area contributed by atoms with Crippen molar-refractivity contribution in [3.8, 4) is 5.75 Å². The molecule has 0 aliphatic rings. The number of benzene rings is 2. The minimum atomic E-state index is -0.931. The van der Waals surface area contributed by atoms with Gasteiger partial charge in [0.15, 0.2) is 0 Å². The number of nitrogens with one attached hydrogen (secondary N) is 2. The van der Waals surface area contributed by atoms with Crippen LogP contribution in [-0.2, 0) is 9.59 Å². The van der Waals surface area contributed by atoms with Crippen LogP contribution < -0.4 is 10.7 Å². The third-order valence-electron chi connectivity index (χ3n) is 2.99. The summed E-state index contributed by atoms with van der Waals surface area (Å²) in [6.07, 6.45) is 0. The van der Waals surface area contributed by atoms with Gasteiger partial charge in [0, 0.05) is 5.69 Å². The highest BCUT2D eigenvalue weighted by molar-refractivity contribution is 6.43. The molecule has 0 unspecified atom stereocenters. The van der Waals surface area contributed by atoms with Gasteiger partial charge in [-0.1, -0.05) is 23.2 Å². The molecule has 0 saturated heterocycles. The number of carbonyl (C=O) groups excluding carboxylic acids is 2. The zero-order chi connectivity index (χ0) is 17.7. The number of aromatic hydroxyl groups is 1. The fraction of sp³-hybridized carbons (Fsp3) is 0.0625. The number of halogens is 2. The monoisotopic (exact) mass is 365 g/mol. The molecule has 0 aliphatic heterocycles. The van der Waals surface area contributed by atoms with Crippen molar-refractivity contribution in [2.24, 2.45) is 5.10 Å². The van der Waals surface area contributed by atoms with Crippen LogP contribution in [0.4, 0.5) is 5.69 Å². The van der Waals surface area contributed by atoms with Gasteiger partial charge in [-0.15, -0.1) is 0 Å². The highest BCUT2D eigenvalue weighted by atomic mass is 35.5. The predicted octanol–water partition coefficient (Wildman–Crippen LogP) is 3.18. The molecule has 2 aromatic rings. The Labute approximate surface area is 148 Å². The van der Waals surface area contributed by atoms with E-state index in [2.05, 4.69) is 15.8 Å². The summed E-state index contributed by atoms with van der Waals surface area (Å²) in [4.78, 5) is 23.6. The highest BCUT2D eigenvalue weighted by Gasteiger charge is 2.14. The first-order valence-electron chi connectivity index (χ1n) is 6.77. The minimum absolute atomic E-state index is 0.122. The molecule has 2 aromatic carbocycles. The molecule has 0 spiro atoms. The van der Waals surface area contributed by atoms with Gasteiger partial charge in [-0.05, 0) is 55.0 Å². The van der Waals surface area contributed by atoms with Crippen molar-refractivity contribution in [3.05, 3.63) is 58.1 Å². The van der Waals surface area contributed by atoms with E-state index in [0.29, 0.717) is 22.0 Å². The van der Waals surface area contributed by atoms with Crippen LogP contribution >= 0.6 is 23.2 Å². The summed E-state index contributed by atoms with van der Waals surface area (Å²) in [5.41, 5.74) is 3.66. The summed E-state index contributed by atoms with van der Waals surface area (Å²) in [5, 5.41) is 16.1. The maximum atomic E-state index is 11.8. The summed E-state index contributed by atoms with van der Waals surface area (Å²) in [6.45, 7) is 1.66. The number of phenols is 1. The third-order valence-corrected chi connectivity index (χ3v) is 3.73. The van der Waals surface area contributed by atoms with Crippen LogP contribution in [0.5, 0.6) is 5.75 Å². The standard InChI is InChI=1S/C16H13Cl2N3O3/c1-9(10-2-5-12(22)6-3-10)20-21-16(24)15(23)19-11-4-7-13(17)14(18)8-11/h2-8,22H,1H3,(H,19,23)(H,21,24)/b20-9+. The van der Waals surface area contributed by atoms with Crippen LogP contribution in [-0.4, -0.2) is 22.6 Å². The van der Waals surface area contributed by atoms with Crippen molar-refractivity contribution in [1.82, 2.24) is 5.43 Å². The average molecular weight is 366 g/mol. The number of carbonyl (C=O) groups is 2. The SMILES string of the molecule is C/C(=N\NC(=O)C(=O)Nc1ccc(Cl)c(Cl)c1)c1ccc(O)cc1. The molecular weight excluding hydrogens is 353 g/mol. The van der Waals surface area contributed by atoms with E-state index in [-0.39, 0.29) is 10.8 Å². The lowest BCUT2D eigenvalue weighted by Gasteiger charge is -2.06. The van der Waals surface area contributed by atoms with Crippen LogP contribution in [0.15, 0.2) is 47.6 Å². The van der Waals surface area contributed by atoms with Crippen LogP contribution in [0, 0.1) is 0 Å². The second kappa shape index (κ2) is 7.81. The van der Waals surface area contributed by atoms with Crippen molar-refractivity contribution >= 4 is 46.4 Å². The van der Waals surface area contributed by atoms with Gasteiger partial charge in [0.25, 0.3) is 0 Å². The molecule has 8 heteroatoms. The normalized spacial score (nSPS) is 11.0. The number of hydrogen-bond acceptors (Lipinski definition) is 4. The van der Waals surface area contributed by atoms with Gasteiger partial charge in [-0.25, -0.2) is 5.43 Å². The first-order chi connectivity index (χ1) is 11.4. The fourth-order valence-corrected chi connectivity index (χ4v) is 2.01. The Morgan fingerprint density at radius 3 is 2.29 bits per heavy atom. The highest BCUT2D eigenvalue weighted by Crippen LogP contribution is 2.24. The van der Waals surface area contributed by atoms with Gasteiger partial charge < -0.3 is 10.4 Å². The number of amides is 2. The van der Waals surface area contributed by atoms with Crippen LogP contribution in [0.2, 0.25) is 10.0 Å². The number of rotatable bonds is 3. The maximum Gasteiger partial charge on any atom is 0.329 e. The van der Waals surface area contributed by atoms with Gasteiger partial charge in [-0.3, -0.25) is 9.59 Å². The van der Waals surface area contributed by atoms with E-state index in [1.165, 1.54) is 30.3 Å². The molecule has 24 heavy (non-hydrogen) atoms. The second-order valence-electron chi connectivity index (χ2n) is 4.77. The van der Waals surface area contributed by atoms with Gasteiger partial charge in [0.1, 0.15) is 5.75 Å². The molecular formula is C16H13Cl2N3O3. The van der Waals surface area contributed by atoms with Gasteiger partial charge in [0.05, 0.1) is 15.8 Å². The summed E-state index contributed by atoms with van der Waals surface area (Å²) in [6, 6.07) is 10.7. The second-order valence-corrected chi connectivity index (χ2v) is 5.58. The molecule has 124 valence electrons. The van der Waals surface area contributed by atoms with E-state index in [1.807, 2.05) is 0 Å². The lowest BCUT2D eigenvalue weighted by molar-refractivity contribution is -0.136. The summed E-state index contributed by atoms with van der Waals surface area (Å²) < 4.78 is 0. The predicted molar refractivity (Wildman–Crippen MR) is 93.6 cm³/mol. The van der Waals surface area contributed by atoms with Crippen molar-refractivity contribution in [3.63, 3.8) is 0 Å². The minimum Gasteiger partial charge on any atom is -0.508 e. The largest absolute Gasteiger partial charge is 0.508 e. The number of hydrazone groups is 1. The summed E-state index contributed by atoms with van der Waals surface area (Å²) >= 11 is 11.6. The first kappa shape index (κ1) is 17.8. The third kappa shape index (κ3) is 4.71. The Balaban J connectivity index is 1.98. The Morgan fingerprint density at radius 1 is 1.00 bits per heavy atom. The lowest BCUT2D eigenvalue weighted by atomic mass is 10.1. The fourth-order valence-electron chi connectivity index (χ4n) is 1.71. The molecule has 0 aliphatic carbocycles.